The number of hydrogen-bond donors (Lipinski definition) is 3. The summed E-state index contributed by atoms with van der Waals surface area (Å²) < 4.78 is 20.6. The molecule has 2 saturated heterocycles. The molecule has 2 aromatic heterocycles. The van der Waals surface area contributed by atoms with Gasteiger partial charge in [-0.2, -0.15) is 10.1 Å². The maximum Gasteiger partial charge on any atom is 0.317 e. The number of halogens is 1. The van der Waals surface area contributed by atoms with Crippen LogP contribution in [0.15, 0.2) is 36.7 Å². The van der Waals surface area contributed by atoms with E-state index in [4.69, 9.17) is 4.74 Å². The van der Waals surface area contributed by atoms with Crippen LogP contribution in [0.5, 0.6) is 6.01 Å². The van der Waals surface area contributed by atoms with Crippen LogP contribution >= 0.6 is 0 Å². The number of anilines is 2. The number of ether oxygens (including phenoxy) is 1. The highest BCUT2D eigenvalue weighted by Gasteiger charge is 2.25. The lowest BCUT2D eigenvalue weighted by Gasteiger charge is -2.34. The van der Waals surface area contributed by atoms with E-state index in [1.54, 1.807) is 37.2 Å². The molecule has 11 nitrogen and oxygen atoms in total. The van der Waals surface area contributed by atoms with Crippen molar-refractivity contribution >= 4 is 45.4 Å². The Labute approximate surface area is 231 Å². The number of carbonyl (C=O) groups excluding carboxylic acids is 2. The predicted molar refractivity (Wildman–Crippen MR) is 151 cm³/mol. The van der Waals surface area contributed by atoms with E-state index in [0.29, 0.717) is 35.6 Å². The predicted octanol–water partition coefficient (Wildman–Crippen LogP) is 2.65. The molecule has 0 aliphatic carbocycles. The van der Waals surface area contributed by atoms with Crippen LogP contribution < -0.4 is 25.6 Å². The van der Waals surface area contributed by atoms with Gasteiger partial charge in [-0.15, -0.1) is 0 Å². The maximum atomic E-state index is 13.3. The van der Waals surface area contributed by atoms with Crippen molar-refractivity contribution in [3.63, 3.8) is 0 Å². The van der Waals surface area contributed by atoms with Crippen molar-refractivity contribution in [1.82, 2.24) is 30.4 Å². The zero-order valence-corrected chi connectivity index (χ0v) is 22.8. The first-order chi connectivity index (χ1) is 19.4. The third-order valence-corrected chi connectivity index (χ3v) is 7.02. The Kier molecular flexibility index (Phi) is 8.06. The molecule has 0 saturated carbocycles. The van der Waals surface area contributed by atoms with Gasteiger partial charge in [0.2, 0.25) is 0 Å². The Morgan fingerprint density at radius 3 is 2.83 bits per heavy atom. The smallest absolute Gasteiger partial charge is 0.317 e. The summed E-state index contributed by atoms with van der Waals surface area (Å²) in [6, 6.07) is 7.54. The third kappa shape index (κ3) is 5.81. The molecule has 2 aliphatic rings. The molecular formula is C28H33FN8O3. The molecule has 2 aromatic carbocycles. The molecule has 0 bridgehead atoms. The Bertz CT molecular complexity index is 1540. The van der Waals surface area contributed by atoms with Crippen LogP contribution in [0.4, 0.5) is 15.8 Å². The summed E-state index contributed by atoms with van der Waals surface area (Å²) in [5.74, 6) is -0.438. The Morgan fingerprint density at radius 1 is 1.23 bits per heavy atom. The van der Waals surface area contributed by atoms with Gasteiger partial charge in [0.1, 0.15) is 5.52 Å². The standard InChI is InChI=1S/C19H23N5O3.C9H10FN3/c1-12-10-24(8-7-20-12)15-5-4-13(11-25)17-14(15)9-22-19(23-17)27-16-3-2-6-21-18(16)26;1-11-7-3-6-5-13(2)12-9(6)8(10)4-7/h4-5,9,11-12,16,20H,2-3,6-8,10H2,1H3,(H,21,26);3-5,11H,1-2H3. The second kappa shape index (κ2) is 11.8. The molecule has 0 spiro atoms. The molecule has 12 heteroatoms. The number of nitrogens with zero attached hydrogens (tertiary/aromatic N) is 5. The number of piperazine rings is 1. The fourth-order valence-electron chi connectivity index (χ4n) is 5.03. The highest BCUT2D eigenvalue weighted by Crippen LogP contribution is 2.29. The topological polar surface area (TPSA) is 126 Å². The number of rotatable bonds is 5. The fraction of sp³-hybridized carbons (Fsp3) is 0.393. The monoisotopic (exact) mass is 548 g/mol. The van der Waals surface area contributed by atoms with E-state index in [1.807, 2.05) is 12.1 Å². The molecule has 4 aromatic rings. The van der Waals surface area contributed by atoms with E-state index in [-0.39, 0.29) is 17.7 Å². The minimum atomic E-state index is -0.590. The molecule has 4 heterocycles. The molecule has 2 aliphatic heterocycles. The van der Waals surface area contributed by atoms with Gasteiger partial charge in [0.25, 0.3) is 5.91 Å². The van der Waals surface area contributed by atoms with E-state index in [2.05, 4.69) is 42.8 Å². The molecule has 2 unspecified atom stereocenters. The van der Waals surface area contributed by atoms with Gasteiger partial charge >= 0.3 is 6.01 Å². The molecule has 40 heavy (non-hydrogen) atoms. The fourth-order valence-corrected chi connectivity index (χ4v) is 5.03. The first-order valence-electron chi connectivity index (χ1n) is 13.3. The number of aryl methyl sites for hydroxylation is 1. The van der Waals surface area contributed by atoms with Gasteiger partial charge in [0.15, 0.2) is 18.2 Å². The van der Waals surface area contributed by atoms with Crippen LogP contribution in [0.1, 0.15) is 30.1 Å². The Balaban J connectivity index is 0.000000207. The van der Waals surface area contributed by atoms with Crippen LogP contribution in [-0.2, 0) is 11.8 Å². The van der Waals surface area contributed by atoms with E-state index < -0.39 is 6.10 Å². The molecule has 210 valence electrons. The molecule has 3 N–H and O–H groups in total. The minimum absolute atomic E-state index is 0.124. The number of benzene rings is 2. The zero-order valence-electron chi connectivity index (χ0n) is 22.8. The summed E-state index contributed by atoms with van der Waals surface area (Å²) in [7, 11) is 3.54. The van der Waals surface area contributed by atoms with Crippen LogP contribution in [0.2, 0.25) is 0 Å². The third-order valence-electron chi connectivity index (χ3n) is 7.02. The Morgan fingerprint density at radius 2 is 2.08 bits per heavy atom. The van der Waals surface area contributed by atoms with Crippen molar-refractivity contribution < 1.29 is 18.7 Å². The van der Waals surface area contributed by atoms with Crippen molar-refractivity contribution in [2.24, 2.45) is 7.05 Å². The van der Waals surface area contributed by atoms with Crippen molar-refractivity contribution in [3.8, 4) is 6.01 Å². The van der Waals surface area contributed by atoms with Gasteiger partial charge in [-0.3, -0.25) is 14.3 Å². The second-order valence-electron chi connectivity index (χ2n) is 10.00. The minimum Gasteiger partial charge on any atom is -0.450 e. The van der Waals surface area contributed by atoms with Crippen molar-refractivity contribution in [2.45, 2.75) is 31.9 Å². The molecule has 1 amide bonds. The van der Waals surface area contributed by atoms with Crippen LogP contribution in [0, 0.1) is 5.82 Å². The van der Waals surface area contributed by atoms with E-state index in [0.717, 1.165) is 54.5 Å². The molecule has 0 radical (unpaired) electrons. The van der Waals surface area contributed by atoms with Gasteiger partial charge in [0, 0.05) is 86.4 Å². The van der Waals surface area contributed by atoms with E-state index in [1.165, 1.54) is 6.07 Å². The molecule has 2 atom stereocenters. The van der Waals surface area contributed by atoms with Gasteiger partial charge in [-0.1, -0.05) is 0 Å². The highest BCUT2D eigenvalue weighted by atomic mass is 19.1. The van der Waals surface area contributed by atoms with Gasteiger partial charge < -0.3 is 25.6 Å². The lowest BCUT2D eigenvalue weighted by Crippen LogP contribution is -2.49. The van der Waals surface area contributed by atoms with Gasteiger partial charge in [-0.05, 0) is 44.0 Å². The summed E-state index contributed by atoms with van der Waals surface area (Å²) in [5, 5.41) is 14.7. The summed E-state index contributed by atoms with van der Waals surface area (Å²) >= 11 is 0. The van der Waals surface area contributed by atoms with Gasteiger partial charge in [-0.25, -0.2) is 9.37 Å². The first kappa shape index (κ1) is 27.3. The number of aldehydes is 1. The van der Waals surface area contributed by atoms with Crippen molar-refractivity contribution in [3.05, 3.63) is 48.0 Å². The number of amides is 1. The summed E-state index contributed by atoms with van der Waals surface area (Å²) in [6.45, 7) is 5.46. The maximum absolute atomic E-state index is 13.3. The molecule has 2 fully saturated rings. The quantitative estimate of drug-likeness (QED) is 0.323. The van der Waals surface area contributed by atoms with Crippen molar-refractivity contribution in [1.29, 1.82) is 0 Å². The largest absolute Gasteiger partial charge is 0.450 e. The average Bonchev–Trinajstić information content (AvgIpc) is 3.34. The number of carbonyl (C=O) groups is 2. The summed E-state index contributed by atoms with van der Waals surface area (Å²) in [6.07, 6.45) is 5.16. The number of aromatic nitrogens is 4. The Hall–Kier alpha value is -4.32. The molecule has 6 rings (SSSR count). The SMILES string of the molecule is CC1CN(c2ccc(C=O)c3nc(OC4CCCNC4=O)ncc23)CCN1.CNc1cc(F)c2nn(C)cc2c1. The van der Waals surface area contributed by atoms with Crippen LogP contribution in [-0.4, -0.2) is 77.3 Å². The number of hydrogen-bond acceptors (Lipinski definition) is 9. The van der Waals surface area contributed by atoms with E-state index >= 15 is 0 Å². The van der Waals surface area contributed by atoms with Crippen LogP contribution in [0.25, 0.3) is 21.8 Å². The number of piperidine rings is 1. The summed E-state index contributed by atoms with van der Waals surface area (Å²) in [4.78, 5) is 34.5. The highest BCUT2D eigenvalue weighted by molar-refractivity contribution is 6.01. The second-order valence-corrected chi connectivity index (χ2v) is 10.00. The molecular weight excluding hydrogens is 515 g/mol. The lowest BCUT2D eigenvalue weighted by molar-refractivity contribution is -0.130. The average molecular weight is 549 g/mol. The number of nitrogens with one attached hydrogen (secondary N) is 3. The normalized spacial score (nSPS) is 19.1. The lowest BCUT2D eigenvalue weighted by atomic mass is 10.1. The first-order valence-corrected chi connectivity index (χ1v) is 13.3. The van der Waals surface area contributed by atoms with Crippen molar-refractivity contribution in [2.75, 3.05) is 43.4 Å². The summed E-state index contributed by atoms with van der Waals surface area (Å²) in [5.41, 5.74) is 3.22. The van der Waals surface area contributed by atoms with Gasteiger partial charge in [0.05, 0.1) is 5.52 Å². The number of fused-ring (bicyclic) bond motifs is 2. The van der Waals surface area contributed by atoms with Crippen LogP contribution in [0.3, 0.4) is 0 Å². The zero-order chi connectivity index (χ0) is 28.2. The van der Waals surface area contributed by atoms with E-state index in [9.17, 15) is 14.0 Å².